The molecule has 1 aliphatic rings. The highest BCUT2D eigenvalue weighted by atomic mass is 79.9. The van der Waals surface area contributed by atoms with Crippen molar-refractivity contribution in [2.45, 2.75) is 55.5 Å². The predicted octanol–water partition coefficient (Wildman–Crippen LogP) is 3.69. The molecule has 1 amide bonds. The van der Waals surface area contributed by atoms with E-state index in [2.05, 4.69) is 26.1 Å². The summed E-state index contributed by atoms with van der Waals surface area (Å²) in [5.41, 5.74) is 0.868. The van der Waals surface area contributed by atoms with E-state index in [0.29, 0.717) is 17.0 Å². The van der Waals surface area contributed by atoms with Crippen LogP contribution in [0.5, 0.6) is 0 Å². The first-order valence-corrected chi connectivity index (χ1v) is 10.5. The van der Waals surface area contributed by atoms with E-state index in [1.165, 1.54) is 35.7 Å². The summed E-state index contributed by atoms with van der Waals surface area (Å²) in [6, 6.07) is 8.07. The van der Waals surface area contributed by atoms with E-state index in [1.807, 2.05) is 43.1 Å². The summed E-state index contributed by atoms with van der Waals surface area (Å²) in [5.74, 6) is 6.88. The molecule has 1 aliphatic carbocycles. The summed E-state index contributed by atoms with van der Waals surface area (Å²) in [6.45, 7) is 1.90. The molecule has 1 heterocycles. The lowest BCUT2D eigenvalue weighted by Gasteiger charge is -2.32. The highest BCUT2D eigenvalue weighted by Crippen LogP contribution is 2.30. The van der Waals surface area contributed by atoms with Gasteiger partial charge in [0.2, 0.25) is 11.1 Å². The molecule has 0 radical (unpaired) electrons. The first-order chi connectivity index (χ1) is 12.5. The van der Waals surface area contributed by atoms with Crippen LogP contribution in [0.3, 0.4) is 0 Å². The molecule has 1 aromatic carbocycles. The number of aromatic nitrogens is 3. The Labute approximate surface area is 166 Å². The van der Waals surface area contributed by atoms with Gasteiger partial charge < -0.3 is 10.7 Å². The van der Waals surface area contributed by atoms with Gasteiger partial charge in [0.25, 0.3) is 0 Å². The minimum atomic E-state index is -0.263. The van der Waals surface area contributed by atoms with Gasteiger partial charge in [0.15, 0.2) is 5.82 Å². The van der Waals surface area contributed by atoms with Crippen LogP contribution in [0.2, 0.25) is 0 Å². The highest BCUT2D eigenvalue weighted by molar-refractivity contribution is 9.10. The number of amides is 1. The molecule has 140 valence electrons. The van der Waals surface area contributed by atoms with Gasteiger partial charge in [0, 0.05) is 23.1 Å². The number of rotatable bonds is 5. The van der Waals surface area contributed by atoms with Crippen molar-refractivity contribution in [3.05, 3.63) is 28.7 Å². The normalized spacial score (nSPS) is 16.4. The van der Waals surface area contributed by atoms with E-state index < -0.39 is 0 Å². The van der Waals surface area contributed by atoms with Gasteiger partial charge in [-0.1, -0.05) is 59.1 Å². The summed E-state index contributed by atoms with van der Waals surface area (Å²) in [5, 5.41) is 8.67. The lowest BCUT2D eigenvalue weighted by Crippen LogP contribution is -2.42. The first-order valence-electron chi connectivity index (χ1n) is 8.87. The number of carbonyl (C=O) groups is 1. The summed E-state index contributed by atoms with van der Waals surface area (Å²) < 4.78 is 2.35. The molecule has 0 saturated heterocycles. The minimum absolute atomic E-state index is 0.118. The van der Waals surface area contributed by atoms with Crippen molar-refractivity contribution in [2.75, 3.05) is 12.9 Å². The molecule has 2 aromatic rings. The molecular weight excluding hydrogens is 414 g/mol. The number of thioether (sulfide) groups is 1. The van der Waals surface area contributed by atoms with E-state index in [9.17, 15) is 4.79 Å². The number of carbonyl (C=O) groups excluding carboxylic acids is 1. The van der Waals surface area contributed by atoms with Crippen LogP contribution < -0.4 is 5.84 Å². The topological polar surface area (TPSA) is 77.0 Å². The average molecular weight is 438 g/mol. The molecule has 1 unspecified atom stereocenters. The summed E-state index contributed by atoms with van der Waals surface area (Å²) in [6.07, 6.45) is 5.88. The second-order valence-electron chi connectivity index (χ2n) is 6.66. The summed E-state index contributed by atoms with van der Waals surface area (Å²) in [7, 11) is 1.91. The Morgan fingerprint density at radius 2 is 2.00 bits per heavy atom. The van der Waals surface area contributed by atoms with E-state index in [4.69, 9.17) is 5.84 Å². The van der Waals surface area contributed by atoms with Crippen LogP contribution in [0, 0.1) is 0 Å². The Hall–Kier alpha value is -1.54. The zero-order valence-corrected chi connectivity index (χ0v) is 17.5. The lowest BCUT2D eigenvalue weighted by molar-refractivity contribution is -0.131. The lowest BCUT2D eigenvalue weighted by atomic mass is 9.94. The van der Waals surface area contributed by atoms with Crippen LogP contribution in [0.25, 0.3) is 11.4 Å². The smallest absolute Gasteiger partial charge is 0.235 e. The van der Waals surface area contributed by atoms with Gasteiger partial charge >= 0.3 is 0 Å². The first kappa shape index (κ1) is 19.2. The van der Waals surface area contributed by atoms with Crippen LogP contribution >= 0.6 is 27.7 Å². The SMILES string of the molecule is CC(Sc1nnc(-c2ccccc2Br)n1N)C(=O)N(C)C1CCCCC1. The second kappa shape index (κ2) is 8.43. The maximum atomic E-state index is 12.8. The number of hydrogen-bond donors (Lipinski definition) is 1. The highest BCUT2D eigenvalue weighted by Gasteiger charge is 2.27. The van der Waals surface area contributed by atoms with E-state index in [0.717, 1.165) is 22.9 Å². The number of halogens is 1. The monoisotopic (exact) mass is 437 g/mol. The van der Waals surface area contributed by atoms with Crippen molar-refractivity contribution in [1.82, 2.24) is 19.8 Å². The van der Waals surface area contributed by atoms with Gasteiger partial charge in [-0.3, -0.25) is 4.79 Å². The third kappa shape index (κ3) is 4.06. The fourth-order valence-electron chi connectivity index (χ4n) is 3.33. The maximum absolute atomic E-state index is 12.8. The molecule has 1 saturated carbocycles. The van der Waals surface area contributed by atoms with Gasteiger partial charge in [-0.15, -0.1) is 10.2 Å². The Morgan fingerprint density at radius 3 is 2.69 bits per heavy atom. The molecule has 1 aromatic heterocycles. The molecule has 6 nitrogen and oxygen atoms in total. The van der Waals surface area contributed by atoms with Gasteiger partial charge in [0.05, 0.1) is 5.25 Å². The molecule has 0 aliphatic heterocycles. The van der Waals surface area contributed by atoms with Gasteiger partial charge in [-0.2, -0.15) is 0 Å². The molecule has 2 N–H and O–H groups in total. The average Bonchev–Trinajstić information content (AvgIpc) is 3.02. The number of hydrogen-bond acceptors (Lipinski definition) is 5. The summed E-state index contributed by atoms with van der Waals surface area (Å²) >= 11 is 4.86. The Bertz CT molecular complexity index is 775. The fraction of sp³-hybridized carbons (Fsp3) is 0.500. The van der Waals surface area contributed by atoms with Crippen molar-refractivity contribution < 1.29 is 4.79 Å². The van der Waals surface area contributed by atoms with E-state index in [-0.39, 0.29) is 11.2 Å². The van der Waals surface area contributed by atoms with Gasteiger partial charge in [0.1, 0.15) is 0 Å². The quantitative estimate of drug-likeness (QED) is 0.569. The number of benzene rings is 1. The van der Waals surface area contributed by atoms with Crippen LogP contribution in [0.15, 0.2) is 33.9 Å². The van der Waals surface area contributed by atoms with E-state index >= 15 is 0 Å². The Balaban J connectivity index is 1.71. The molecule has 8 heteroatoms. The molecule has 0 bridgehead atoms. The summed E-state index contributed by atoms with van der Waals surface area (Å²) in [4.78, 5) is 14.7. The predicted molar refractivity (Wildman–Crippen MR) is 108 cm³/mol. The number of nitrogens with zero attached hydrogens (tertiary/aromatic N) is 4. The van der Waals surface area contributed by atoms with Crippen molar-refractivity contribution in [3.8, 4) is 11.4 Å². The third-order valence-electron chi connectivity index (χ3n) is 4.88. The number of nitrogen functional groups attached to an aromatic ring is 1. The van der Waals surface area contributed by atoms with Crippen LogP contribution in [-0.2, 0) is 4.79 Å². The molecule has 1 atom stereocenters. The van der Waals surface area contributed by atoms with Gasteiger partial charge in [-0.05, 0) is 31.9 Å². The Morgan fingerprint density at radius 1 is 1.31 bits per heavy atom. The minimum Gasteiger partial charge on any atom is -0.342 e. The Kier molecular flexibility index (Phi) is 6.24. The number of nitrogens with two attached hydrogens (primary N) is 1. The van der Waals surface area contributed by atoms with Crippen LogP contribution in [0.4, 0.5) is 0 Å². The molecule has 0 spiro atoms. The second-order valence-corrected chi connectivity index (χ2v) is 8.82. The van der Waals surface area contributed by atoms with Crippen molar-refractivity contribution >= 4 is 33.6 Å². The largest absolute Gasteiger partial charge is 0.342 e. The molecule has 26 heavy (non-hydrogen) atoms. The molecule has 3 rings (SSSR count). The third-order valence-corrected chi connectivity index (χ3v) is 6.62. The fourth-order valence-corrected chi connectivity index (χ4v) is 4.66. The molecule has 1 fully saturated rings. The zero-order valence-electron chi connectivity index (χ0n) is 15.1. The molecular formula is C18H24BrN5OS. The van der Waals surface area contributed by atoms with Gasteiger partial charge in [-0.25, -0.2) is 4.68 Å². The maximum Gasteiger partial charge on any atom is 0.235 e. The van der Waals surface area contributed by atoms with Crippen molar-refractivity contribution in [1.29, 1.82) is 0 Å². The van der Waals surface area contributed by atoms with Crippen molar-refractivity contribution in [2.24, 2.45) is 0 Å². The van der Waals surface area contributed by atoms with Crippen LogP contribution in [0.1, 0.15) is 39.0 Å². The van der Waals surface area contributed by atoms with Crippen LogP contribution in [-0.4, -0.2) is 44.0 Å². The van der Waals surface area contributed by atoms with E-state index in [1.54, 1.807) is 0 Å². The zero-order chi connectivity index (χ0) is 18.7. The standard InChI is InChI=1S/C18H24BrN5OS/c1-12(17(25)23(2)13-8-4-3-5-9-13)26-18-22-21-16(24(18)20)14-10-6-7-11-15(14)19/h6-7,10-13H,3-5,8-9,20H2,1-2H3. The van der Waals surface area contributed by atoms with Crippen molar-refractivity contribution in [3.63, 3.8) is 0 Å².